The number of nitro groups is 1. The minimum Gasteiger partial charge on any atom is -0.496 e. The highest BCUT2D eigenvalue weighted by Gasteiger charge is 2.15. The van der Waals surface area contributed by atoms with E-state index < -0.39 is 4.92 Å². The van der Waals surface area contributed by atoms with Gasteiger partial charge in [0.25, 0.3) is 5.69 Å². The van der Waals surface area contributed by atoms with Crippen molar-refractivity contribution in [3.8, 4) is 5.75 Å². The molecule has 0 aliphatic rings. The fourth-order valence-corrected chi connectivity index (χ4v) is 1.80. The van der Waals surface area contributed by atoms with Crippen LogP contribution < -0.4 is 4.74 Å². The van der Waals surface area contributed by atoms with E-state index in [-0.39, 0.29) is 17.4 Å². The summed E-state index contributed by atoms with van der Waals surface area (Å²) in [6, 6.07) is 4.59. The van der Waals surface area contributed by atoms with Gasteiger partial charge < -0.3 is 4.74 Å². The molecule has 5 heteroatoms. The zero-order valence-electron chi connectivity index (χ0n) is 10.8. The van der Waals surface area contributed by atoms with Gasteiger partial charge in [-0.25, -0.2) is 0 Å². The molecule has 1 aromatic carbocycles. The molecule has 18 heavy (non-hydrogen) atoms. The Labute approximate surface area is 106 Å². The highest BCUT2D eigenvalue weighted by atomic mass is 16.6. The number of hydrogen-bond donors (Lipinski definition) is 0. The average molecular weight is 251 g/mol. The molecule has 0 N–H and O–H groups in total. The molecule has 5 nitrogen and oxygen atoms in total. The van der Waals surface area contributed by atoms with Gasteiger partial charge in [0.2, 0.25) is 0 Å². The summed E-state index contributed by atoms with van der Waals surface area (Å²) in [6.07, 6.45) is 0.970. The molecule has 1 unspecified atom stereocenters. The first-order valence-corrected chi connectivity index (χ1v) is 5.83. The molecule has 0 heterocycles. The first-order chi connectivity index (χ1) is 8.47. The Morgan fingerprint density at radius 1 is 1.44 bits per heavy atom. The van der Waals surface area contributed by atoms with Crippen molar-refractivity contribution in [1.82, 2.24) is 0 Å². The minimum absolute atomic E-state index is 0.0134. The first kappa shape index (κ1) is 14.2. The molecule has 98 valence electrons. The Hall–Kier alpha value is -1.91. The number of benzene rings is 1. The number of carbonyl (C=O) groups is 1. The van der Waals surface area contributed by atoms with Crippen LogP contribution in [0.15, 0.2) is 18.2 Å². The van der Waals surface area contributed by atoms with E-state index in [4.69, 9.17) is 4.74 Å². The fraction of sp³-hybridized carbons (Fsp3) is 0.462. The molecule has 1 aromatic rings. The Morgan fingerprint density at radius 2 is 2.11 bits per heavy atom. The Kier molecular flexibility index (Phi) is 4.83. The topological polar surface area (TPSA) is 69.4 Å². The van der Waals surface area contributed by atoms with E-state index in [0.717, 1.165) is 5.56 Å². The van der Waals surface area contributed by atoms with E-state index >= 15 is 0 Å². The molecule has 0 radical (unpaired) electrons. The van der Waals surface area contributed by atoms with Crippen molar-refractivity contribution in [3.63, 3.8) is 0 Å². The number of nitrogens with zero attached hydrogens (tertiary/aromatic N) is 1. The number of Topliss-reactive ketones (excluding diaryl/α,β-unsaturated/α-hetero) is 1. The third kappa shape index (κ3) is 3.55. The molecule has 0 saturated carbocycles. The average Bonchev–Trinajstić information content (AvgIpc) is 2.36. The Bertz CT molecular complexity index is 456. The SMILES string of the molecule is CCC(=O)C(C)Cc1cc(OC)cc([N+](=O)[O-])c1. The van der Waals surface area contributed by atoms with Crippen LogP contribution in [0.3, 0.4) is 0 Å². The van der Waals surface area contributed by atoms with Gasteiger partial charge in [-0.2, -0.15) is 0 Å². The summed E-state index contributed by atoms with van der Waals surface area (Å²) >= 11 is 0. The van der Waals surface area contributed by atoms with Crippen LogP contribution in [0.5, 0.6) is 5.75 Å². The van der Waals surface area contributed by atoms with Crippen LogP contribution in [0.1, 0.15) is 25.8 Å². The van der Waals surface area contributed by atoms with Gasteiger partial charge in [-0.1, -0.05) is 13.8 Å². The Morgan fingerprint density at radius 3 is 2.61 bits per heavy atom. The van der Waals surface area contributed by atoms with Crippen LogP contribution in [-0.2, 0) is 11.2 Å². The van der Waals surface area contributed by atoms with Crippen LogP contribution in [0.2, 0.25) is 0 Å². The van der Waals surface area contributed by atoms with Gasteiger partial charge in [-0.3, -0.25) is 14.9 Å². The summed E-state index contributed by atoms with van der Waals surface area (Å²) in [7, 11) is 1.46. The normalized spacial score (nSPS) is 11.9. The van der Waals surface area contributed by atoms with Crippen LogP contribution in [0, 0.1) is 16.0 Å². The van der Waals surface area contributed by atoms with Gasteiger partial charge in [-0.05, 0) is 18.1 Å². The number of non-ortho nitro benzene ring substituents is 1. The molecular weight excluding hydrogens is 234 g/mol. The molecule has 1 rings (SSSR count). The lowest BCUT2D eigenvalue weighted by molar-refractivity contribution is -0.385. The lowest BCUT2D eigenvalue weighted by Gasteiger charge is -2.10. The molecule has 0 aliphatic carbocycles. The number of hydrogen-bond acceptors (Lipinski definition) is 4. The van der Waals surface area contributed by atoms with Crippen molar-refractivity contribution in [1.29, 1.82) is 0 Å². The van der Waals surface area contributed by atoms with Gasteiger partial charge in [-0.15, -0.1) is 0 Å². The predicted octanol–water partition coefficient (Wildman–Crippen LogP) is 2.76. The van der Waals surface area contributed by atoms with Crippen molar-refractivity contribution < 1.29 is 14.5 Å². The van der Waals surface area contributed by atoms with Crippen LogP contribution in [0.25, 0.3) is 0 Å². The van der Waals surface area contributed by atoms with Gasteiger partial charge in [0.1, 0.15) is 11.5 Å². The van der Waals surface area contributed by atoms with E-state index in [2.05, 4.69) is 0 Å². The monoisotopic (exact) mass is 251 g/mol. The quantitative estimate of drug-likeness (QED) is 0.575. The maximum absolute atomic E-state index is 11.5. The molecule has 0 bridgehead atoms. The zero-order chi connectivity index (χ0) is 13.7. The smallest absolute Gasteiger partial charge is 0.273 e. The minimum atomic E-state index is -0.460. The molecule has 0 spiro atoms. The molecule has 0 fully saturated rings. The lowest BCUT2D eigenvalue weighted by Crippen LogP contribution is -2.12. The third-order valence-corrected chi connectivity index (χ3v) is 2.84. The number of methoxy groups -OCH3 is 1. The largest absolute Gasteiger partial charge is 0.496 e. The second-order valence-corrected chi connectivity index (χ2v) is 4.22. The van der Waals surface area contributed by atoms with Crippen molar-refractivity contribution in [2.24, 2.45) is 5.92 Å². The van der Waals surface area contributed by atoms with E-state index in [9.17, 15) is 14.9 Å². The molecule has 0 aromatic heterocycles. The summed E-state index contributed by atoms with van der Waals surface area (Å²) in [5.74, 6) is 0.456. The van der Waals surface area contributed by atoms with Gasteiger partial charge >= 0.3 is 0 Å². The number of carbonyl (C=O) groups excluding carboxylic acids is 1. The summed E-state index contributed by atoms with van der Waals surface area (Å²) in [5, 5.41) is 10.8. The maximum Gasteiger partial charge on any atom is 0.273 e. The van der Waals surface area contributed by atoms with Crippen molar-refractivity contribution >= 4 is 11.5 Å². The zero-order valence-corrected chi connectivity index (χ0v) is 10.8. The van der Waals surface area contributed by atoms with E-state index in [1.807, 2.05) is 13.8 Å². The summed E-state index contributed by atoms with van der Waals surface area (Å²) in [5.41, 5.74) is 0.732. The first-order valence-electron chi connectivity index (χ1n) is 5.83. The van der Waals surface area contributed by atoms with Crippen molar-refractivity contribution in [2.75, 3.05) is 7.11 Å². The lowest BCUT2D eigenvalue weighted by atomic mass is 9.95. The Balaban J connectivity index is 2.98. The molecule has 0 amide bonds. The standard InChI is InChI=1S/C13H17NO4/c1-4-13(15)9(2)5-10-6-11(14(16)17)8-12(7-10)18-3/h6-9H,4-5H2,1-3H3. The fourth-order valence-electron chi connectivity index (χ4n) is 1.80. The van der Waals surface area contributed by atoms with E-state index in [1.165, 1.54) is 19.2 Å². The highest BCUT2D eigenvalue weighted by molar-refractivity contribution is 5.80. The van der Waals surface area contributed by atoms with Crippen LogP contribution in [0.4, 0.5) is 5.69 Å². The number of ether oxygens (including phenoxy) is 1. The number of nitro benzene ring substituents is 1. The second kappa shape index (κ2) is 6.14. The van der Waals surface area contributed by atoms with Crippen molar-refractivity contribution in [3.05, 3.63) is 33.9 Å². The summed E-state index contributed by atoms with van der Waals surface area (Å²) < 4.78 is 5.02. The van der Waals surface area contributed by atoms with E-state index in [0.29, 0.717) is 18.6 Å². The van der Waals surface area contributed by atoms with Gasteiger partial charge in [0.15, 0.2) is 0 Å². The van der Waals surface area contributed by atoms with Gasteiger partial charge in [0.05, 0.1) is 18.1 Å². The third-order valence-electron chi connectivity index (χ3n) is 2.84. The molecule has 1 atom stereocenters. The molecule has 0 saturated heterocycles. The highest BCUT2D eigenvalue weighted by Crippen LogP contribution is 2.24. The predicted molar refractivity (Wildman–Crippen MR) is 67.8 cm³/mol. The maximum atomic E-state index is 11.5. The molecular formula is C13H17NO4. The second-order valence-electron chi connectivity index (χ2n) is 4.22. The number of ketones is 1. The summed E-state index contributed by atoms with van der Waals surface area (Å²) in [6.45, 7) is 3.64. The van der Waals surface area contributed by atoms with Crippen LogP contribution in [-0.4, -0.2) is 17.8 Å². The van der Waals surface area contributed by atoms with Crippen LogP contribution >= 0.6 is 0 Å². The van der Waals surface area contributed by atoms with Crippen molar-refractivity contribution in [2.45, 2.75) is 26.7 Å². The van der Waals surface area contributed by atoms with E-state index in [1.54, 1.807) is 6.07 Å². The number of rotatable bonds is 6. The van der Waals surface area contributed by atoms with Gasteiger partial charge in [0, 0.05) is 18.4 Å². The summed E-state index contributed by atoms with van der Waals surface area (Å²) in [4.78, 5) is 21.8. The molecule has 0 aliphatic heterocycles.